The van der Waals surface area contributed by atoms with Crippen molar-refractivity contribution >= 4 is 0 Å². The molecular formula is C11H24. The summed E-state index contributed by atoms with van der Waals surface area (Å²) >= 11 is 0. The lowest BCUT2D eigenvalue weighted by molar-refractivity contribution is 1.09. The van der Waals surface area contributed by atoms with Crippen LogP contribution in [-0.2, 0) is 0 Å². The summed E-state index contributed by atoms with van der Waals surface area (Å²) in [5, 5.41) is 0. The fraction of sp³-hybridized carbons (Fsp3) is 0.818. The van der Waals surface area contributed by atoms with E-state index in [1.54, 1.807) is 0 Å². The maximum Gasteiger partial charge on any atom is -0.0236 e. The first-order valence-electron chi connectivity index (χ1n) is 4.89. The summed E-state index contributed by atoms with van der Waals surface area (Å²) in [5.41, 5.74) is 0. The lowest BCUT2D eigenvalue weighted by Crippen LogP contribution is -1.50. The molecule has 0 saturated heterocycles. The summed E-state index contributed by atoms with van der Waals surface area (Å²) in [7, 11) is 0. The molecule has 0 amide bonds. The molecule has 1 saturated carbocycles. The average Bonchev–Trinajstić information content (AvgIpc) is 2.72. The fourth-order valence-electron chi connectivity index (χ4n) is 0.332. The van der Waals surface area contributed by atoms with Gasteiger partial charge in [-0.1, -0.05) is 46.6 Å². The lowest BCUT2D eigenvalue weighted by Gasteiger charge is -1.63. The quantitative estimate of drug-likeness (QED) is 0.493. The number of rotatable bonds is 1. The van der Waals surface area contributed by atoms with Crippen molar-refractivity contribution in [2.75, 3.05) is 0 Å². The van der Waals surface area contributed by atoms with E-state index in [0.717, 1.165) is 5.92 Å². The summed E-state index contributed by atoms with van der Waals surface area (Å²) in [6.45, 7) is 12.1. The van der Waals surface area contributed by atoms with E-state index in [2.05, 4.69) is 34.3 Å². The Bertz CT molecular complexity index is 58.4. The van der Waals surface area contributed by atoms with Gasteiger partial charge in [-0.3, -0.25) is 0 Å². The summed E-state index contributed by atoms with van der Waals surface area (Å²) in [6, 6.07) is 0. The molecule has 0 spiro atoms. The van der Waals surface area contributed by atoms with Crippen molar-refractivity contribution in [1.29, 1.82) is 0 Å². The van der Waals surface area contributed by atoms with Gasteiger partial charge in [0.05, 0.1) is 0 Å². The van der Waals surface area contributed by atoms with E-state index in [9.17, 15) is 0 Å². The Balaban J connectivity index is 0. The van der Waals surface area contributed by atoms with Crippen LogP contribution in [0, 0.1) is 5.92 Å². The predicted molar refractivity (Wildman–Crippen MR) is 54.9 cm³/mol. The number of allylic oxidation sites excluding steroid dienone is 1. The zero-order valence-electron chi connectivity index (χ0n) is 8.69. The zero-order chi connectivity index (χ0) is 9.11. The maximum atomic E-state index is 3.62. The van der Waals surface area contributed by atoms with E-state index in [1.807, 2.05) is 6.08 Å². The molecule has 0 aromatic carbocycles. The number of hydrogen-bond acceptors (Lipinski definition) is 0. The van der Waals surface area contributed by atoms with Crippen LogP contribution in [0.5, 0.6) is 0 Å². The van der Waals surface area contributed by atoms with Gasteiger partial charge < -0.3 is 0 Å². The molecule has 0 aromatic heterocycles. The molecule has 0 aliphatic heterocycles. The third kappa shape index (κ3) is 26.0. The minimum Gasteiger partial charge on any atom is -0.103 e. The van der Waals surface area contributed by atoms with Gasteiger partial charge in [-0.05, 0) is 18.8 Å². The number of hydrogen-bond donors (Lipinski definition) is 0. The SMILES string of the molecule is C=CC1CC1.CCC.CCC. The summed E-state index contributed by atoms with van der Waals surface area (Å²) in [6.07, 6.45) is 7.31. The second-order valence-electron chi connectivity index (χ2n) is 2.99. The van der Waals surface area contributed by atoms with E-state index in [0.29, 0.717) is 0 Å². The normalized spacial score (nSPS) is 13.5. The monoisotopic (exact) mass is 156 g/mol. The highest BCUT2D eigenvalue weighted by atomic mass is 14.2. The third-order valence-electron chi connectivity index (χ3n) is 0.955. The first-order chi connectivity index (χ1) is 5.26. The topological polar surface area (TPSA) is 0 Å². The molecule has 0 nitrogen and oxygen atoms in total. The van der Waals surface area contributed by atoms with Crippen LogP contribution in [0.25, 0.3) is 0 Å². The van der Waals surface area contributed by atoms with Crippen LogP contribution in [0.15, 0.2) is 12.7 Å². The summed E-state index contributed by atoms with van der Waals surface area (Å²) in [4.78, 5) is 0. The van der Waals surface area contributed by atoms with E-state index in [4.69, 9.17) is 0 Å². The van der Waals surface area contributed by atoms with Crippen molar-refractivity contribution < 1.29 is 0 Å². The van der Waals surface area contributed by atoms with Gasteiger partial charge in [-0.25, -0.2) is 0 Å². The fourth-order valence-corrected chi connectivity index (χ4v) is 0.332. The van der Waals surface area contributed by atoms with E-state index < -0.39 is 0 Å². The molecular weight excluding hydrogens is 132 g/mol. The smallest absolute Gasteiger partial charge is 0.0236 e. The molecule has 0 atom stereocenters. The Morgan fingerprint density at radius 3 is 1.36 bits per heavy atom. The van der Waals surface area contributed by atoms with Gasteiger partial charge in [-0.15, -0.1) is 6.58 Å². The van der Waals surface area contributed by atoms with Crippen molar-refractivity contribution in [3.63, 3.8) is 0 Å². The van der Waals surface area contributed by atoms with Gasteiger partial charge in [0.25, 0.3) is 0 Å². The summed E-state index contributed by atoms with van der Waals surface area (Å²) in [5.74, 6) is 0.898. The molecule has 0 bridgehead atoms. The maximum absolute atomic E-state index is 3.62. The minimum absolute atomic E-state index is 0.898. The summed E-state index contributed by atoms with van der Waals surface area (Å²) < 4.78 is 0. The minimum atomic E-state index is 0.898. The Kier molecular flexibility index (Phi) is 15.1. The lowest BCUT2D eigenvalue weighted by atomic mass is 10.4. The van der Waals surface area contributed by atoms with Crippen LogP contribution in [0.1, 0.15) is 53.4 Å². The second kappa shape index (κ2) is 12.4. The van der Waals surface area contributed by atoms with Gasteiger partial charge in [-0.2, -0.15) is 0 Å². The third-order valence-corrected chi connectivity index (χ3v) is 0.955. The van der Waals surface area contributed by atoms with Gasteiger partial charge in [0.15, 0.2) is 0 Å². The van der Waals surface area contributed by atoms with Crippen molar-refractivity contribution in [2.45, 2.75) is 53.4 Å². The molecule has 0 heterocycles. The molecule has 0 radical (unpaired) electrons. The van der Waals surface area contributed by atoms with Gasteiger partial charge in [0.1, 0.15) is 0 Å². The van der Waals surface area contributed by atoms with Crippen LogP contribution >= 0.6 is 0 Å². The van der Waals surface area contributed by atoms with Crippen LogP contribution in [-0.4, -0.2) is 0 Å². The molecule has 0 heteroatoms. The average molecular weight is 156 g/mol. The largest absolute Gasteiger partial charge is 0.103 e. The molecule has 0 unspecified atom stereocenters. The highest BCUT2D eigenvalue weighted by Gasteiger charge is 2.15. The second-order valence-corrected chi connectivity index (χ2v) is 2.99. The predicted octanol–water partition coefficient (Wildman–Crippen LogP) is 4.42. The molecule has 0 aromatic rings. The molecule has 11 heavy (non-hydrogen) atoms. The van der Waals surface area contributed by atoms with Crippen molar-refractivity contribution in [1.82, 2.24) is 0 Å². The van der Waals surface area contributed by atoms with Crippen LogP contribution in [0.3, 0.4) is 0 Å². The van der Waals surface area contributed by atoms with E-state index >= 15 is 0 Å². The molecule has 1 rings (SSSR count). The highest BCUT2D eigenvalue weighted by Crippen LogP contribution is 2.28. The molecule has 1 fully saturated rings. The van der Waals surface area contributed by atoms with Crippen LogP contribution < -0.4 is 0 Å². The van der Waals surface area contributed by atoms with Crippen molar-refractivity contribution in [3.05, 3.63) is 12.7 Å². The Morgan fingerprint density at radius 2 is 1.36 bits per heavy atom. The van der Waals surface area contributed by atoms with Crippen molar-refractivity contribution in [2.24, 2.45) is 5.92 Å². The standard InChI is InChI=1S/C5H8.2C3H8/c1-2-5-3-4-5;2*1-3-2/h2,5H,1,3-4H2;2*3H2,1-2H3. The first kappa shape index (κ1) is 13.3. The first-order valence-corrected chi connectivity index (χ1v) is 4.89. The Labute approximate surface area is 72.7 Å². The Morgan fingerprint density at radius 1 is 1.09 bits per heavy atom. The van der Waals surface area contributed by atoms with Gasteiger partial charge in [0, 0.05) is 0 Å². The van der Waals surface area contributed by atoms with E-state index in [-0.39, 0.29) is 0 Å². The van der Waals surface area contributed by atoms with Crippen LogP contribution in [0.4, 0.5) is 0 Å². The molecule has 0 N–H and O–H groups in total. The van der Waals surface area contributed by atoms with Gasteiger partial charge >= 0.3 is 0 Å². The van der Waals surface area contributed by atoms with Crippen LogP contribution in [0.2, 0.25) is 0 Å². The van der Waals surface area contributed by atoms with Crippen molar-refractivity contribution in [3.8, 4) is 0 Å². The molecule has 68 valence electrons. The van der Waals surface area contributed by atoms with Gasteiger partial charge in [0.2, 0.25) is 0 Å². The zero-order valence-corrected chi connectivity index (χ0v) is 8.69. The molecule has 1 aliphatic carbocycles. The van der Waals surface area contributed by atoms with E-state index in [1.165, 1.54) is 25.7 Å². The Hall–Kier alpha value is -0.260. The molecule has 1 aliphatic rings. The highest BCUT2D eigenvalue weighted by molar-refractivity contribution is 4.88.